The maximum absolute atomic E-state index is 11.2. The van der Waals surface area contributed by atoms with Gasteiger partial charge >= 0.3 is 5.97 Å². The van der Waals surface area contributed by atoms with Crippen LogP contribution in [0.2, 0.25) is 10.0 Å². The molecular formula is C15H12Cl2N2O2. The summed E-state index contributed by atoms with van der Waals surface area (Å²) in [7, 11) is 0. The van der Waals surface area contributed by atoms with E-state index in [4.69, 9.17) is 23.2 Å². The second-order valence-electron chi connectivity index (χ2n) is 5.04. The summed E-state index contributed by atoms with van der Waals surface area (Å²) in [4.78, 5) is 19.8. The number of benzene rings is 1. The van der Waals surface area contributed by atoms with Crippen LogP contribution in [0.5, 0.6) is 0 Å². The van der Waals surface area contributed by atoms with Crippen molar-refractivity contribution in [1.29, 1.82) is 0 Å². The third-order valence-electron chi connectivity index (χ3n) is 3.46. The molecule has 4 nitrogen and oxygen atoms in total. The van der Waals surface area contributed by atoms with Gasteiger partial charge in [-0.25, -0.2) is 14.8 Å². The highest BCUT2D eigenvalue weighted by Gasteiger charge is 2.30. The molecule has 0 saturated heterocycles. The lowest BCUT2D eigenvalue weighted by Gasteiger charge is -2.09. The zero-order chi connectivity index (χ0) is 15.0. The Kier molecular flexibility index (Phi) is 3.83. The first-order valence-electron chi connectivity index (χ1n) is 6.58. The molecule has 2 aromatic rings. The largest absolute Gasteiger partial charge is 0.478 e. The second-order valence-corrected chi connectivity index (χ2v) is 5.86. The number of carboxylic acids is 1. The lowest BCUT2D eigenvalue weighted by atomic mass is 10.1. The summed E-state index contributed by atoms with van der Waals surface area (Å²) in [5, 5.41) is 10.3. The number of rotatable bonds is 4. The van der Waals surface area contributed by atoms with Crippen LogP contribution in [0, 0.1) is 0 Å². The first-order valence-corrected chi connectivity index (χ1v) is 7.34. The molecule has 1 aliphatic carbocycles. The Bertz CT molecular complexity index is 695. The van der Waals surface area contributed by atoms with Gasteiger partial charge < -0.3 is 5.11 Å². The van der Waals surface area contributed by atoms with E-state index in [0.29, 0.717) is 28.0 Å². The van der Waals surface area contributed by atoms with Crippen molar-refractivity contribution in [3.63, 3.8) is 0 Å². The molecule has 1 heterocycles. The topological polar surface area (TPSA) is 63.1 Å². The van der Waals surface area contributed by atoms with Crippen LogP contribution in [0.15, 0.2) is 24.4 Å². The average molecular weight is 323 g/mol. The lowest BCUT2D eigenvalue weighted by Crippen LogP contribution is -2.09. The molecule has 21 heavy (non-hydrogen) atoms. The normalized spacial score (nSPS) is 14.2. The van der Waals surface area contributed by atoms with Crippen molar-refractivity contribution < 1.29 is 9.90 Å². The van der Waals surface area contributed by atoms with E-state index >= 15 is 0 Å². The molecule has 1 fully saturated rings. The number of nitrogens with zero attached hydrogens (tertiary/aromatic N) is 2. The Morgan fingerprint density at radius 3 is 2.52 bits per heavy atom. The van der Waals surface area contributed by atoms with Gasteiger partial charge in [0, 0.05) is 28.6 Å². The van der Waals surface area contributed by atoms with Crippen molar-refractivity contribution in [3.8, 4) is 0 Å². The van der Waals surface area contributed by atoms with Crippen LogP contribution >= 0.6 is 23.2 Å². The van der Waals surface area contributed by atoms with E-state index in [1.165, 1.54) is 6.20 Å². The molecule has 0 amide bonds. The lowest BCUT2D eigenvalue weighted by molar-refractivity contribution is 0.0694. The van der Waals surface area contributed by atoms with Crippen molar-refractivity contribution in [3.05, 3.63) is 57.1 Å². The molecule has 3 rings (SSSR count). The van der Waals surface area contributed by atoms with Crippen LogP contribution in [0.1, 0.15) is 46.2 Å². The predicted octanol–water partition coefficient (Wildman–Crippen LogP) is 3.95. The average Bonchev–Trinajstić information content (AvgIpc) is 3.27. The quantitative estimate of drug-likeness (QED) is 0.925. The molecule has 1 aromatic carbocycles. The van der Waals surface area contributed by atoms with Gasteiger partial charge in [-0.05, 0) is 30.5 Å². The van der Waals surface area contributed by atoms with E-state index in [-0.39, 0.29) is 11.5 Å². The summed E-state index contributed by atoms with van der Waals surface area (Å²) in [6, 6.07) is 5.30. The van der Waals surface area contributed by atoms with Crippen molar-refractivity contribution in [2.75, 3.05) is 0 Å². The minimum Gasteiger partial charge on any atom is -0.478 e. The number of carboxylic acid groups (broad SMARTS) is 1. The maximum atomic E-state index is 11.2. The van der Waals surface area contributed by atoms with Crippen LogP contribution in [-0.2, 0) is 6.42 Å². The molecule has 6 heteroatoms. The van der Waals surface area contributed by atoms with Gasteiger partial charge in [-0.1, -0.05) is 29.3 Å². The standard InChI is InChI=1S/C15H12Cl2N2O2/c16-11-2-1-3-12(17)9(11)6-13-18-7-10(15(20)21)14(19-13)8-4-5-8/h1-3,7-8H,4-6H2,(H,20,21). The van der Waals surface area contributed by atoms with Gasteiger partial charge in [0.1, 0.15) is 5.82 Å². The first kappa shape index (κ1) is 14.3. The van der Waals surface area contributed by atoms with Gasteiger partial charge in [0.2, 0.25) is 0 Å². The van der Waals surface area contributed by atoms with E-state index < -0.39 is 5.97 Å². The van der Waals surface area contributed by atoms with Gasteiger partial charge in [-0.15, -0.1) is 0 Å². The molecule has 1 aliphatic rings. The maximum Gasteiger partial charge on any atom is 0.339 e. The minimum absolute atomic E-state index is 0.187. The molecule has 0 aliphatic heterocycles. The highest BCUT2D eigenvalue weighted by Crippen LogP contribution is 2.40. The Labute approximate surface area is 131 Å². The molecule has 108 valence electrons. The number of carbonyl (C=O) groups is 1. The van der Waals surface area contributed by atoms with Gasteiger partial charge in [0.05, 0.1) is 11.3 Å². The Balaban J connectivity index is 1.96. The van der Waals surface area contributed by atoms with Crippen molar-refractivity contribution in [2.45, 2.75) is 25.2 Å². The second kappa shape index (κ2) is 5.62. The Hall–Kier alpha value is -1.65. The summed E-state index contributed by atoms with van der Waals surface area (Å²) >= 11 is 12.3. The van der Waals surface area contributed by atoms with E-state index in [9.17, 15) is 9.90 Å². The fourth-order valence-corrected chi connectivity index (χ4v) is 2.74. The molecule has 0 spiro atoms. The minimum atomic E-state index is -0.987. The summed E-state index contributed by atoms with van der Waals surface area (Å²) in [6.45, 7) is 0. The van der Waals surface area contributed by atoms with Gasteiger partial charge in [-0.3, -0.25) is 0 Å². The van der Waals surface area contributed by atoms with Crippen LogP contribution in [0.3, 0.4) is 0 Å². The summed E-state index contributed by atoms with van der Waals surface area (Å²) in [5.74, 6) is -0.212. The van der Waals surface area contributed by atoms with E-state index in [2.05, 4.69) is 9.97 Å². The van der Waals surface area contributed by atoms with Crippen molar-refractivity contribution in [1.82, 2.24) is 9.97 Å². The molecule has 1 saturated carbocycles. The van der Waals surface area contributed by atoms with E-state index in [0.717, 1.165) is 18.4 Å². The Morgan fingerprint density at radius 1 is 1.29 bits per heavy atom. The predicted molar refractivity (Wildman–Crippen MR) is 80.2 cm³/mol. The Morgan fingerprint density at radius 2 is 1.95 bits per heavy atom. The zero-order valence-electron chi connectivity index (χ0n) is 11.0. The monoisotopic (exact) mass is 322 g/mol. The van der Waals surface area contributed by atoms with Crippen molar-refractivity contribution >= 4 is 29.2 Å². The number of hydrogen-bond donors (Lipinski definition) is 1. The molecule has 0 bridgehead atoms. The van der Waals surface area contributed by atoms with Crippen LogP contribution in [0.25, 0.3) is 0 Å². The number of aromatic nitrogens is 2. The zero-order valence-corrected chi connectivity index (χ0v) is 12.5. The van der Waals surface area contributed by atoms with Crippen molar-refractivity contribution in [2.24, 2.45) is 0 Å². The fraction of sp³-hybridized carbons (Fsp3) is 0.267. The smallest absolute Gasteiger partial charge is 0.339 e. The third kappa shape index (κ3) is 3.01. The van der Waals surface area contributed by atoms with Crippen LogP contribution in [0.4, 0.5) is 0 Å². The fourth-order valence-electron chi connectivity index (χ4n) is 2.21. The molecular weight excluding hydrogens is 311 g/mol. The van der Waals surface area contributed by atoms with Crippen LogP contribution in [-0.4, -0.2) is 21.0 Å². The summed E-state index contributed by atoms with van der Waals surface area (Å²) in [5.41, 5.74) is 1.56. The van der Waals surface area contributed by atoms with Gasteiger partial charge in [0.25, 0.3) is 0 Å². The molecule has 0 radical (unpaired) electrons. The molecule has 0 unspecified atom stereocenters. The first-order chi connectivity index (χ1) is 10.1. The van der Waals surface area contributed by atoms with E-state index in [1.807, 2.05) is 0 Å². The summed E-state index contributed by atoms with van der Waals surface area (Å²) < 4.78 is 0. The molecule has 0 atom stereocenters. The SMILES string of the molecule is O=C(O)c1cnc(Cc2c(Cl)cccc2Cl)nc1C1CC1. The number of aromatic carboxylic acids is 1. The highest BCUT2D eigenvalue weighted by atomic mass is 35.5. The van der Waals surface area contributed by atoms with Crippen LogP contribution < -0.4 is 0 Å². The third-order valence-corrected chi connectivity index (χ3v) is 4.17. The van der Waals surface area contributed by atoms with Gasteiger partial charge in [-0.2, -0.15) is 0 Å². The van der Waals surface area contributed by atoms with Gasteiger partial charge in [0.15, 0.2) is 0 Å². The number of hydrogen-bond acceptors (Lipinski definition) is 3. The summed E-state index contributed by atoms with van der Waals surface area (Å²) in [6.07, 6.45) is 3.72. The van der Waals surface area contributed by atoms with E-state index in [1.54, 1.807) is 18.2 Å². The highest BCUT2D eigenvalue weighted by molar-refractivity contribution is 6.36. The number of halogens is 2. The molecule has 1 aromatic heterocycles. The molecule has 1 N–H and O–H groups in total.